The number of aryl methyl sites for hydroxylation is 2. The maximum atomic E-state index is 4.58. The molecule has 4 nitrogen and oxygen atoms in total. The summed E-state index contributed by atoms with van der Waals surface area (Å²) in [6.45, 7) is 7.34. The average molecular weight is 250 g/mol. The summed E-state index contributed by atoms with van der Waals surface area (Å²) in [6.07, 6.45) is 2.01. The first-order chi connectivity index (χ1) is 8.06. The molecule has 0 atom stereocenters. The quantitative estimate of drug-likeness (QED) is 0.907. The van der Waals surface area contributed by atoms with Crippen LogP contribution in [0.4, 0.5) is 5.13 Å². The minimum atomic E-state index is 0.627. The Labute approximate surface area is 106 Å². The largest absolute Gasteiger partial charge is 0.361 e. The number of nitrogens with zero attached hydrogens (tertiary/aromatic N) is 3. The molecule has 2 aromatic heterocycles. The smallest absolute Gasteiger partial charge is 0.183 e. The lowest BCUT2D eigenvalue weighted by Gasteiger charge is -2.04. The van der Waals surface area contributed by atoms with Crippen LogP contribution in [0, 0.1) is 12.8 Å². The van der Waals surface area contributed by atoms with Gasteiger partial charge in [-0.05, 0) is 12.8 Å². The maximum absolute atomic E-state index is 4.58. The summed E-state index contributed by atoms with van der Waals surface area (Å²) in [5.74, 6) is 0.627. The van der Waals surface area contributed by atoms with E-state index in [1.807, 2.05) is 24.9 Å². The molecule has 1 N–H and O–H groups in total. The van der Waals surface area contributed by atoms with E-state index < -0.39 is 0 Å². The van der Waals surface area contributed by atoms with Crippen molar-refractivity contribution in [1.82, 2.24) is 14.8 Å². The van der Waals surface area contributed by atoms with Crippen molar-refractivity contribution in [1.29, 1.82) is 0 Å². The molecule has 0 fully saturated rings. The van der Waals surface area contributed by atoms with Crippen molar-refractivity contribution in [2.75, 3.05) is 11.9 Å². The van der Waals surface area contributed by atoms with Gasteiger partial charge < -0.3 is 5.32 Å². The minimum Gasteiger partial charge on any atom is -0.361 e. The van der Waals surface area contributed by atoms with E-state index in [-0.39, 0.29) is 0 Å². The zero-order valence-electron chi connectivity index (χ0n) is 10.7. The fourth-order valence-electron chi connectivity index (χ4n) is 1.62. The second-order valence-electron chi connectivity index (χ2n) is 4.61. The normalized spacial score (nSPS) is 11.1. The molecule has 0 bridgehead atoms. The lowest BCUT2D eigenvalue weighted by atomic mass is 10.2. The first-order valence-electron chi connectivity index (χ1n) is 5.76. The van der Waals surface area contributed by atoms with Crippen molar-refractivity contribution in [2.45, 2.75) is 20.8 Å². The van der Waals surface area contributed by atoms with E-state index in [0.29, 0.717) is 5.92 Å². The molecule has 0 saturated heterocycles. The van der Waals surface area contributed by atoms with Gasteiger partial charge in [0.1, 0.15) is 0 Å². The van der Waals surface area contributed by atoms with Crippen LogP contribution in [0.25, 0.3) is 11.3 Å². The SMILES string of the molecule is Cc1nn(C)cc1-c1csc(NCC(C)C)n1. The van der Waals surface area contributed by atoms with Crippen LogP contribution in [-0.4, -0.2) is 21.3 Å². The molecule has 0 spiro atoms. The Balaban J connectivity index is 2.15. The summed E-state index contributed by atoms with van der Waals surface area (Å²) in [5, 5.41) is 10.7. The first kappa shape index (κ1) is 12.1. The Bertz CT molecular complexity index is 498. The van der Waals surface area contributed by atoms with Crippen molar-refractivity contribution in [3.05, 3.63) is 17.3 Å². The van der Waals surface area contributed by atoms with Gasteiger partial charge in [-0.25, -0.2) is 4.98 Å². The van der Waals surface area contributed by atoms with Crippen LogP contribution in [0.15, 0.2) is 11.6 Å². The molecule has 0 unspecified atom stereocenters. The predicted octanol–water partition coefficient (Wildman–Crippen LogP) is 2.92. The summed E-state index contributed by atoms with van der Waals surface area (Å²) < 4.78 is 1.82. The molecular weight excluding hydrogens is 232 g/mol. The number of aromatic nitrogens is 3. The highest BCUT2D eigenvalue weighted by Gasteiger charge is 2.10. The summed E-state index contributed by atoms with van der Waals surface area (Å²) in [4.78, 5) is 4.58. The van der Waals surface area contributed by atoms with Crippen molar-refractivity contribution in [2.24, 2.45) is 13.0 Å². The Kier molecular flexibility index (Phi) is 3.47. The van der Waals surface area contributed by atoms with E-state index in [2.05, 4.69) is 34.6 Å². The third-order valence-corrected chi connectivity index (χ3v) is 3.26. The Hall–Kier alpha value is -1.36. The van der Waals surface area contributed by atoms with Crippen LogP contribution >= 0.6 is 11.3 Å². The fraction of sp³-hybridized carbons (Fsp3) is 0.500. The van der Waals surface area contributed by atoms with Crippen LogP contribution < -0.4 is 5.32 Å². The summed E-state index contributed by atoms with van der Waals surface area (Å²) >= 11 is 1.65. The number of anilines is 1. The van der Waals surface area contributed by atoms with Crippen LogP contribution in [0.1, 0.15) is 19.5 Å². The molecule has 0 saturated carbocycles. The molecule has 92 valence electrons. The Morgan fingerprint density at radius 2 is 2.24 bits per heavy atom. The van der Waals surface area contributed by atoms with Gasteiger partial charge in [-0.3, -0.25) is 4.68 Å². The third kappa shape index (κ3) is 2.85. The third-order valence-electron chi connectivity index (χ3n) is 2.46. The van der Waals surface area contributed by atoms with Crippen LogP contribution in [0.2, 0.25) is 0 Å². The summed E-state index contributed by atoms with van der Waals surface area (Å²) in [5.41, 5.74) is 3.14. The average Bonchev–Trinajstić information content (AvgIpc) is 2.82. The monoisotopic (exact) mass is 250 g/mol. The second-order valence-corrected chi connectivity index (χ2v) is 5.47. The summed E-state index contributed by atoms with van der Waals surface area (Å²) in [6, 6.07) is 0. The van der Waals surface area contributed by atoms with Crippen molar-refractivity contribution in [3.8, 4) is 11.3 Å². The molecule has 0 aliphatic rings. The molecule has 0 amide bonds. The number of rotatable bonds is 4. The van der Waals surface area contributed by atoms with Crippen molar-refractivity contribution < 1.29 is 0 Å². The molecule has 2 rings (SSSR count). The lowest BCUT2D eigenvalue weighted by molar-refractivity contribution is 0.688. The highest BCUT2D eigenvalue weighted by Crippen LogP contribution is 2.26. The van der Waals surface area contributed by atoms with Gasteiger partial charge >= 0.3 is 0 Å². The number of hydrogen-bond acceptors (Lipinski definition) is 4. The van der Waals surface area contributed by atoms with Gasteiger partial charge in [0.15, 0.2) is 5.13 Å². The van der Waals surface area contributed by atoms with Crippen LogP contribution in [0.3, 0.4) is 0 Å². The molecule has 2 heterocycles. The van der Waals surface area contributed by atoms with E-state index >= 15 is 0 Å². The molecule has 0 aliphatic carbocycles. The van der Waals surface area contributed by atoms with E-state index in [1.54, 1.807) is 11.3 Å². The molecule has 0 radical (unpaired) electrons. The van der Waals surface area contributed by atoms with E-state index in [4.69, 9.17) is 0 Å². The molecule has 2 aromatic rings. The van der Waals surface area contributed by atoms with E-state index in [0.717, 1.165) is 28.6 Å². The Morgan fingerprint density at radius 1 is 1.47 bits per heavy atom. The molecule has 0 aromatic carbocycles. The topological polar surface area (TPSA) is 42.7 Å². The maximum Gasteiger partial charge on any atom is 0.183 e. The predicted molar refractivity (Wildman–Crippen MR) is 72.4 cm³/mol. The molecule has 0 aliphatic heterocycles. The van der Waals surface area contributed by atoms with Crippen LogP contribution in [-0.2, 0) is 7.05 Å². The van der Waals surface area contributed by atoms with E-state index in [9.17, 15) is 0 Å². The molecule has 5 heteroatoms. The van der Waals surface area contributed by atoms with Gasteiger partial charge in [0.2, 0.25) is 0 Å². The second kappa shape index (κ2) is 4.87. The zero-order chi connectivity index (χ0) is 12.4. The number of nitrogens with one attached hydrogen (secondary N) is 1. The highest BCUT2D eigenvalue weighted by molar-refractivity contribution is 7.14. The van der Waals surface area contributed by atoms with Crippen LogP contribution in [0.5, 0.6) is 0 Å². The van der Waals surface area contributed by atoms with E-state index in [1.165, 1.54) is 0 Å². The van der Waals surface area contributed by atoms with Gasteiger partial charge in [0.25, 0.3) is 0 Å². The zero-order valence-corrected chi connectivity index (χ0v) is 11.5. The van der Waals surface area contributed by atoms with Gasteiger partial charge in [-0.2, -0.15) is 5.10 Å². The van der Waals surface area contributed by atoms with Gasteiger partial charge in [0.05, 0.1) is 11.4 Å². The first-order valence-corrected chi connectivity index (χ1v) is 6.64. The molecular formula is C12H18N4S. The highest BCUT2D eigenvalue weighted by atomic mass is 32.1. The molecule has 17 heavy (non-hydrogen) atoms. The standard InChI is InChI=1S/C12H18N4S/c1-8(2)5-13-12-14-11(7-17-12)10-6-16(4)15-9(10)3/h6-8H,5H2,1-4H3,(H,13,14). The fourth-order valence-corrected chi connectivity index (χ4v) is 2.34. The summed E-state index contributed by atoms with van der Waals surface area (Å²) in [7, 11) is 1.93. The van der Waals surface area contributed by atoms with Crippen molar-refractivity contribution in [3.63, 3.8) is 0 Å². The van der Waals surface area contributed by atoms with Gasteiger partial charge in [0, 0.05) is 30.7 Å². The van der Waals surface area contributed by atoms with Gasteiger partial charge in [-0.15, -0.1) is 11.3 Å². The lowest BCUT2D eigenvalue weighted by Crippen LogP contribution is -2.07. The Morgan fingerprint density at radius 3 is 2.82 bits per heavy atom. The number of hydrogen-bond donors (Lipinski definition) is 1. The number of thiazole rings is 1. The van der Waals surface area contributed by atoms with Gasteiger partial charge in [-0.1, -0.05) is 13.8 Å². The van der Waals surface area contributed by atoms with Crippen molar-refractivity contribution >= 4 is 16.5 Å². The minimum absolute atomic E-state index is 0.627.